The molecule has 28 heavy (non-hydrogen) atoms. The molecule has 1 aromatic heterocycles. The standard InChI is InChI=1S/C22H31N3O3/c1-13(2)28-19-12-17-15(11-18(19)27-8)9-10-16-20(23-14(3)25(16)17)21(26)24(7)22(4,5)6/h11-13H,9-10H2,1-8H3. The average molecular weight is 386 g/mol. The average Bonchev–Trinajstić information content (AvgIpc) is 2.95. The van der Waals surface area contributed by atoms with Crippen LogP contribution in [0.25, 0.3) is 5.69 Å². The number of imidazole rings is 1. The monoisotopic (exact) mass is 385 g/mol. The second-order valence-corrected chi connectivity index (χ2v) is 8.62. The van der Waals surface area contributed by atoms with Gasteiger partial charge in [0.25, 0.3) is 5.91 Å². The Morgan fingerprint density at radius 1 is 1.21 bits per heavy atom. The number of hydrogen-bond donors (Lipinski definition) is 0. The number of amides is 1. The minimum atomic E-state index is -0.264. The van der Waals surface area contributed by atoms with E-state index in [1.165, 1.54) is 5.56 Å². The quantitative estimate of drug-likeness (QED) is 0.800. The molecular weight excluding hydrogens is 354 g/mol. The van der Waals surface area contributed by atoms with Crippen molar-refractivity contribution in [3.05, 3.63) is 34.9 Å². The second-order valence-electron chi connectivity index (χ2n) is 8.62. The number of fused-ring (bicyclic) bond motifs is 3. The summed E-state index contributed by atoms with van der Waals surface area (Å²) < 4.78 is 13.6. The Morgan fingerprint density at radius 3 is 2.46 bits per heavy atom. The SMILES string of the molecule is COc1cc2c(cc1OC(C)C)-n1c(C)nc(C(=O)N(C)C(C)(C)C)c1CC2. The third-order valence-electron chi connectivity index (χ3n) is 5.25. The van der Waals surface area contributed by atoms with Crippen LogP contribution in [0.15, 0.2) is 12.1 Å². The maximum Gasteiger partial charge on any atom is 0.274 e. The third-order valence-corrected chi connectivity index (χ3v) is 5.25. The number of methoxy groups -OCH3 is 1. The highest BCUT2D eigenvalue weighted by molar-refractivity contribution is 5.94. The van der Waals surface area contributed by atoms with Crippen LogP contribution in [0, 0.1) is 6.92 Å². The van der Waals surface area contributed by atoms with Crippen LogP contribution >= 0.6 is 0 Å². The van der Waals surface area contributed by atoms with E-state index >= 15 is 0 Å². The van der Waals surface area contributed by atoms with E-state index in [2.05, 4.69) is 9.55 Å². The summed E-state index contributed by atoms with van der Waals surface area (Å²) in [6.45, 7) is 12.0. The van der Waals surface area contributed by atoms with Crippen LogP contribution in [0.4, 0.5) is 0 Å². The fraction of sp³-hybridized carbons (Fsp3) is 0.545. The van der Waals surface area contributed by atoms with Crippen molar-refractivity contribution in [2.45, 2.75) is 66.0 Å². The maximum atomic E-state index is 13.1. The van der Waals surface area contributed by atoms with Crippen molar-refractivity contribution in [1.29, 1.82) is 0 Å². The Morgan fingerprint density at radius 2 is 1.89 bits per heavy atom. The topological polar surface area (TPSA) is 56.6 Å². The predicted octanol–water partition coefficient (Wildman–Crippen LogP) is 3.95. The van der Waals surface area contributed by atoms with Gasteiger partial charge in [-0.15, -0.1) is 0 Å². The molecule has 0 fully saturated rings. The molecule has 0 saturated carbocycles. The Balaban J connectivity index is 2.12. The highest BCUT2D eigenvalue weighted by atomic mass is 16.5. The summed E-state index contributed by atoms with van der Waals surface area (Å²) >= 11 is 0. The third kappa shape index (κ3) is 3.48. The second kappa shape index (κ2) is 7.15. The molecule has 0 atom stereocenters. The summed E-state index contributed by atoms with van der Waals surface area (Å²) in [7, 11) is 3.49. The van der Waals surface area contributed by atoms with Gasteiger partial charge in [0.2, 0.25) is 0 Å². The fourth-order valence-corrected chi connectivity index (χ4v) is 3.52. The van der Waals surface area contributed by atoms with E-state index in [1.807, 2.05) is 60.7 Å². The summed E-state index contributed by atoms with van der Waals surface area (Å²) in [6, 6.07) is 4.05. The Labute approximate surface area is 167 Å². The zero-order valence-electron chi connectivity index (χ0n) is 18.2. The molecule has 0 unspecified atom stereocenters. The minimum absolute atomic E-state index is 0.0384. The highest BCUT2D eigenvalue weighted by Gasteiger charge is 2.31. The van der Waals surface area contributed by atoms with Gasteiger partial charge < -0.3 is 14.4 Å². The molecule has 1 aromatic carbocycles. The summed E-state index contributed by atoms with van der Waals surface area (Å²) in [6.07, 6.45) is 1.63. The molecule has 152 valence electrons. The van der Waals surface area contributed by atoms with E-state index in [1.54, 1.807) is 12.0 Å². The van der Waals surface area contributed by atoms with Crippen molar-refractivity contribution in [2.75, 3.05) is 14.2 Å². The number of hydrogen-bond acceptors (Lipinski definition) is 4. The molecule has 6 nitrogen and oxygen atoms in total. The summed E-state index contributed by atoms with van der Waals surface area (Å²) in [5.41, 5.74) is 3.43. The molecule has 3 rings (SSSR count). The molecule has 1 aliphatic rings. The lowest BCUT2D eigenvalue weighted by atomic mass is 9.99. The summed E-state index contributed by atoms with van der Waals surface area (Å²) in [4.78, 5) is 19.5. The van der Waals surface area contributed by atoms with Gasteiger partial charge >= 0.3 is 0 Å². The molecule has 0 spiro atoms. The zero-order chi connectivity index (χ0) is 20.8. The summed E-state index contributed by atoms with van der Waals surface area (Å²) in [5, 5.41) is 0. The zero-order valence-corrected chi connectivity index (χ0v) is 18.2. The van der Waals surface area contributed by atoms with E-state index in [4.69, 9.17) is 9.47 Å². The number of nitrogens with zero attached hydrogens (tertiary/aromatic N) is 3. The van der Waals surface area contributed by atoms with E-state index in [0.717, 1.165) is 35.8 Å². The van der Waals surface area contributed by atoms with Crippen LogP contribution in [-0.4, -0.2) is 46.2 Å². The molecule has 1 amide bonds. The first-order valence-corrected chi connectivity index (χ1v) is 9.79. The molecule has 0 saturated heterocycles. The number of benzene rings is 1. The Bertz CT molecular complexity index is 907. The molecule has 0 N–H and O–H groups in total. The maximum absolute atomic E-state index is 13.1. The molecule has 1 aliphatic heterocycles. The van der Waals surface area contributed by atoms with Crippen LogP contribution in [-0.2, 0) is 12.8 Å². The molecular formula is C22H31N3O3. The molecule has 0 radical (unpaired) electrons. The normalized spacial score (nSPS) is 13.2. The summed E-state index contributed by atoms with van der Waals surface area (Å²) in [5.74, 6) is 2.21. The Hall–Kier alpha value is -2.50. The molecule has 6 heteroatoms. The number of aromatic nitrogens is 2. The lowest BCUT2D eigenvalue weighted by molar-refractivity contribution is 0.0648. The molecule has 2 heterocycles. The van der Waals surface area contributed by atoms with Crippen molar-refractivity contribution in [3.63, 3.8) is 0 Å². The van der Waals surface area contributed by atoms with Crippen LogP contribution in [0.1, 0.15) is 62.2 Å². The Kier molecular flexibility index (Phi) is 5.17. The van der Waals surface area contributed by atoms with Crippen LogP contribution in [0.2, 0.25) is 0 Å². The van der Waals surface area contributed by atoms with Crippen molar-refractivity contribution in [1.82, 2.24) is 14.5 Å². The van der Waals surface area contributed by atoms with E-state index in [0.29, 0.717) is 11.4 Å². The fourth-order valence-electron chi connectivity index (χ4n) is 3.52. The van der Waals surface area contributed by atoms with Gasteiger partial charge in [-0.2, -0.15) is 0 Å². The van der Waals surface area contributed by atoms with Crippen molar-refractivity contribution < 1.29 is 14.3 Å². The largest absolute Gasteiger partial charge is 0.493 e. The van der Waals surface area contributed by atoms with Crippen LogP contribution < -0.4 is 9.47 Å². The lowest BCUT2D eigenvalue weighted by Gasteiger charge is -2.32. The smallest absolute Gasteiger partial charge is 0.274 e. The van der Waals surface area contributed by atoms with Crippen LogP contribution in [0.5, 0.6) is 11.5 Å². The van der Waals surface area contributed by atoms with E-state index < -0.39 is 0 Å². The molecule has 0 aliphatic carbocycles. The van der Waals surface area contributed by atoms with Gasteiger partial charge in [-0.1, -0.05) is 0 Å². The van der Waals surface area contributed by atoms with E-state index in [-0.39, 0.29) is 17.6 Å². The van der Waals surface area contributed by atoms with Crippen molar-refractivity contribution >= 4 is 5.91 Å². The van der Waals surface area contributed by atoms with Gasteiger partial charge in [0.15, 0.2) is 11.5 Å². The first-order valence-electron chi connectivity index (χ1n) is 9.79. The van der Waals surface area contributed by atoms with Crippen molar-refractivity contribution in [3.8, 4) is 17.2 Å². The van der Waals surface area contributed by atoms with Crippen molar-refractivity contribution in [2.24, 2.45) is 0 Å². The van der Waals surface area contributed by atoms with E-state index in [9.17, 15) is 4.79 Å². The first kappa shape index (κ1) is 20.2. The van der Waals surface area contributed by atoms with Gasteiger partial charge in [0.05, 0.1) is 24.6 Å². The number of carbonyl (C=O) groups excluding carboxylic acids is 1. The van der Waals surface area contributed by atoms with Crippen LogP contribution in [0.3, 0.4) is 0 Å². The number of aryl methyl sites for hydroxylation is 2. The lowest BCUT2D eigenvalue weighted by Crippen LogP contribution is -2.43. The number of carbonyl (C=O) groups is 1. The van der Waals surface area contributed by atoms with Gasteiger partial charge in [-0.3, -0.25) is 9.36 Å². The number of rotatable bonds is 4. The molecule has 0 bridgehead atoms. The van der Waals surface area contributed by atoms with Gasteiger partial charge in [-0.25, -0.2) is 4.98 Å². The van der Waals surface area contributed by atoms with Gasteiger partial charge in [0.1, 0.15) is 11.5 Å². The minimum Gasteiger partial charge on any atom is -0.493 e. The molecule has 2 aromatic rings. The van der Waals surface area contributed by atoms with Gasteiger partial charge in [-0.05, 0) is 66.0 Å². The predicted molar refractivity (Wildman–Crippen MR) is 110 cm³/mol. The first-order chi connectivity index (χ1) is 13.0. The number of ether oxygens (including phenoxy) is 2. The highest BCUT2D eigenvalue weighted by Crippen LogP contribution is 2.38. The van der Waals surface area contributed by atoms with Gasteiger partial charge in [0, 0.05) is 18.7 Å².